The lowest BCUT2D eigenvalue weighted by molar-refractivity contribution is -0.134. The lowest BCUT2D eigenvalue weighted by Gasteiger charge is -2.38. The van der Waals surface area contributed by atoms with Crippen molar-refractivity contribution < 1.29 is 18.7 Å². The van der Waals surface area contributed by atoms with Crippen LogP contribution in [0.25, 0.3) is 0 Å². The molecular formula is C26H29FN4O3. The van der Waals surface area contributed by atoms with E-state index >= 15 is 0 Å². The van der Waals surface area contributed by atoms with Gasteiger partial charge in [-0.15, -0.1) is 0 Å². The van der Waals surface area contributed by atoms with Crippen molar-refractivity contribution in [2.24, 2.45) is 0 Å². The molecule has 3 amide bonds. The molecule has 4 rings (SSSR count). The maximum absolute atomic E-state index is 14.1. The Bertz CT molecular complexity index is 1160. The van der Waals surface area contributed by atoms with Gasteiger partial charge in [0, 0.05) is 37.1 Å². The molecule has 1 unspecified atom stereocenters. The average Bonchev–Trinajstić information content (AvgIpc) is 3.33. The number of amides is 3. The van der Waals surface area contributed by atoms with Crippen LogP contribution in [0.1, 0.15) is 30.6 Å². The molecule has 0 bridgehead atoms. The molecule has 0 fully saturated rings. The van der Waals surface area contributed by atoms with Crippen molar-refractivity contribution >= 4 is 17.6 Å². The topological polar surface area (TPSA) is 66.8 Å². The Morgan fingerprint density at radius 3 is 2.62 bits per heavy atom. The van der Waals surface area contributed by atoms with Gasteiger partial charge in [0.2, 0.25) is 5.91 Å². The van der Waals surface area contributed by atoms with Crippen molar-refractivity contribution in [3.05, 3.63) is 83.9 Å². The molecule has 1 aliphatic heterocycles. The van der Waals surface area contributed by atoms with Crippen LogP contribution < -0.4 is 10.1 Å². The number of nitrogens with one attached hydrogen (secondary N) is 1. The largest absolute Gasteiger partial charge is 0.496 e. The zero-order valence-corrected chi connectivity index (χ0v) is 19.4. The van der Waals surface area contributed by atoms with Crippen LogP contribution in [-0.2, 0) is 11.3 Å². The number of carbonyl (C=O) groups excluding carboxylic acids is 2. The number of nitrogens with zero attached hydrogens (tertiary/aromatic N) is 3. The Kier molecular flexibility index (Phi) is 7.15. The third kappa shape index (κ3) is 4.76. The molecule has 0 radical (unpaired) electrons. The summed E-state index contributed by atoms with van der Waals surface area (Å²) in [5.74, 6) is -0.00481. The van der Waals surface area contributed by atoms with Crippen molar-refractivity contribution in [2.75, 3.05) is 32.1 Å². The first-order chi connectivity index (χ1) is 16.5. The van der Waals surface area contributed by atoms with Gasteiger partial charge < -0.3 is 24.4 Å². The number of para-hydroxylation sites is 2. The summed E-state index contributed by atoms with van der Waals surface area (Å²) in [5, 5.41) is 2.59. The van der Waals surface area contributed by atoms with Crippen molar-refractivity contribution in [2.45, 2.75) is 25.9 Å². The van der Waals surface area contributed by atoms with Crippen molar-refractivity contribution in [3.8, 4) is 5.75 Å². The number of fused-ring (bicyclic) bond motifs is 1. The molecule has 1 atom stereocenters. The maximum Gasteiger partial charge on any atom is 0.322 e. The minimum absolute atomic E-state index is 0.0868. The van der Waals surface area contributed by atoms with Crippen LogP contribution in [0.4, 0.5) is 14.9 Å². The van der Waals surface area contributed by atoms with Crippen LogP contribution in [-0.4, -0.2) is 53.0 Å². The number of hydrogen-bond acceptors (Lipinski definition) is 3. The summed E-state index contributed by atoms with van der Waals surface area (Å²) in [6.45, 7) is 3.35. The number of halogens is 1. The highest BCUT2D eigenvalue weighted by Crippen LogP contribution is 2.37. The van der Waals surface area contributed by atoms with Gasteiger partial charge in [-0.1, -0.05) is 37.3 Å². The smallest absolute Gasteiger partial charge is 0.322 e. The number of rotatable bonds is 7. The number of aromatic nitrogens is 1. The van der Waals surface area contributed by atoms with E-state index in [1.165, 1.54) is 17.0 Å². The molecule has 2 heterocycles. The number of hydrogen-bond donors (Lipinski definition) is 1. The fourth-order valence-corrected chi connectivity index (χ4v) is 4.40. The van der Waals surface area contributed by atoms with E-state index in [9.17, 15) is 14.0 Å². The minimum Gasteiger partial charge on any atom is -0.496 e. The van der Waals surface area contributed by atoms with Crippen LogP contribution in [0.2, 0.25) is 0 Å². The quantitative estimate of drug-likeness (QED) is 0.560. The molecule has 1 N–H and O–H groups in total. The molecule has 0 aliphatic carbocycles. The number of ether oxygens (including phenoxy) is 1. The van der Waals surface area contributed by atoms with Crippen LogP contribution in [0.5, 0.6) is 5.75 Å². The summed E-state index contributed by atoms with van der Waals surface area (Å²) in [4.78, 5) is 29.8. The van der Waals surface area contributed by atoms with Crippen LogP contribution >= 0.6 is 0 Å². The van der Waals surface area contributed by atoms with Gasteiger partial charge in [0.05, 0.1) is 12.8 Å². The summed E-state index contributed by atoms with van der Waals surface area (Å²) in [6.07, 6.45) is 2.67. The van der Waals surface area contributed by atoms with Gasteiger partial charge in [-0.2, -0.15) is 0 Å². The van der Waals surface area contributed by atoms with Crippen molar-refractivity contribution in [3.63, 3.8) is 0 Å². The molecule has 0 saturated heterocycles. The molecule has 7 nitrogen and oxygen atoms in total. The third-order valence-corrected chi connectivity index (χ3v) is 6.01. The van der Waals surface area contributed by atoms with Crippen LogP contribution in [0.3, 0.4) is 0 Å². The maximum atomic E-state index is 14.1. The minimum atomic E-state index is -0.522. The molecule has 8 heteroatoms. The highest BCUT2D eigenvalue weighted by molar-refractivity contribution is 5.92. The number of methoxy groups -OCH3 is 1. The Morgan fingerprint density at radius 1 is 1.09 bits per heavy atom. The van der Waals surface area contributed by atoms with Crippen molar-refractivity contribution in [1.82, 2.24) is 14.4 Å². The van der Waals surface area contributed by atoms with Gasteiger partial charge >= 0.3 is 6.03 Å². The second-order valence-electron chi connectivity index (χ2n) is 8.19. The van der Waals surface area contributed by atoms with E-state index in [-0.39, 0.29) is 24.2 Å². The second kappa shape index (κ2) is 10.4. The lowest BCUT2D eigenvalue weighted by Crippen LogP contribution is -2.49. The third-order valence-electron chi connectivity index (χ3n) is 6.01. The standard InChI is InChI=1S/C26H29FN4O3/c1-3-14-30(26(33)28-21-11-6-5-10-20(21)27)18-24(32)31-17-16-29-15-8-12-22(29)25(31)19-9-4-7-13-23(19)34-2/h4-13,15,25H,3,14,16-18H2,1-2H3,(H,28,33). The molecule has 178 valence electrons. The van der Waals surface area contributed by atoms with Crippen LogP contribution in [0.15, 0.2) is 66.9 Å². The van der Waals surface area contributed by atoms with E-state index in [1.807, 2.05) is 49.5 Å². The predicted octanol–water partition coefficient (Wildman–Crippen LogP) is 4.51. The first-order valence-electron chi connectivity index (χ1n) is 11.4. The number of carbonyl (C=O) groups is 2. The highest BCUT2D eigenvalue weighted by Gasteiger charge is 2.34. The Labute approximate surface area is 198 Å². The average molecular weight is 465 g/mol. The van der Waals surface area contributed by atoms with Gasteiger partial charge in [0.25, 0.3) is 0 Å². The first kappa shape index (κ1) is 23.4. The SMILES string of the molecule is CCCN(CC(=O)N1CCn2cccc2C1c1ccccc1OC)C(=O)Nc1ccccc1F. The van der Waals surface area contributed by atoms with Gasteiger partial charge in [0.1, 0.15) is 24.2 Å². The molecule has 0 spiro atoms. The molecule has 1 aliphatic rings. The van der Waals surface area contributed by atoms with Gasteiger partial charge in [-0.25, -0.2) is 9.18 Å². The number of urea groups is 1. The summed E-state index contributed by atoms with van der Waals surface area (Å²) >= 11 is 0. The second-order valence-corrected chi connectivity index (χ2v) is 8.19. The van der Waals surface area contributed by atoms with Crippen molar-refractivity contribution in [1.29, 1.82) is 0 Å². The molecule has 2 aromatic carbocycles. The molecular weight excluding hydrogens is 435 g/mol. The molecule has 34 heavy (non-hydrogen) atoms. The summed E-state index contributed by atoms with van der Waals surface area (Å²) < 4.78 is 21.8. The van der Waals surface area contributed by atoms with E-state index in [4.69, 9.17) is 4.74 Å². The van der Waals surface area contributed by atoms with E-state index in [2.05, 4.69) is 9.88 Å². The van der Waals surface area contributed by atoms with E-state index in [1.54, 1.807) is 24.1 Å². The Balaban J connectivity index is 1.59. The first-order valence-corrected chi connectivity index (χ1v) is 11.4. The summed E-state index contributed by atoms with van der Waals surface area (Å²) in [6, 6.07) is 16.8. The monoisotopic (exact) mass is 464 g/mol. The Hall–Kier alpha value is -3.81. The molecule has 0 saturated carbocycles. The fraction of sp³-hybridized carbons (Fsp3) is 0.308. The van der Waals surface area contributed by atoms with E-state index in [0.717, 1.165) is 11.3 Å². The molecule has 3 aromatic rings. The molecule has 1 aromatic heterocycles. The summed E-state index contributed by atoms with van der Waals surface area (Å²) in [7, 11) is 1.61. The zero-order chi connectivity index (χ0) is 24.1. The van der Waals surface area contributed by atoms with E-state index < -0.39 is 11.8 Å². The van der Waals surface area contributed by atoms with Gasteiger partial charge in [-0.3, -0.25) is 4.79 Å². The summed E-state index contributed by atoms with van der Waals surface area (Å²) in [5.41, 5.74) is 1.96. The Morgan fingerprint density at radius 2 is 1.85 bits per heavy atom. The lowest BCUT2D eigenvalue weighted by atomic mass is 9.98. The predicted molar refractivity (Wildman–Crippen MR) is 128 cm³/mol. The zero-order valence-electron chi connectivity index (χ0n) is 19.4. The number of anilines is 1. The van der Waals surface area contributed by atoms with Gasteiger partial charge in [-0.05, 0) is 36.8 Å². The fourth-order valence-electron chi connectivity index (χ4n) is 4.40. The van der Waals surface area contributed by atoms with Crippen LogP contribution in [0, 0.1) is 5.82 Å². The number of benzene rings is 2. The highest BCUT2D eigenvalue weighted by atomic mass is 19.1. The van der Waals surface area contributed by atoms with Gasteiger partial charge in [0.15, 0.2) is 0 Å². The normalized spacial score (nSPS) is 14.9. The van der Waals surface area contributed by atoms with E-state index in [0.29, 0.717) is 31.8 Å².